The molecule has 16 heavy (non-hydrogen) atoms. The van der Waals surface area contributed by atoms with Crippen LogP contribution in [0.5, 0.6) is 5.88 Å². The molecule has 2 aromatic rings. The van der Waals surface area contributed by atoms with Gasteiger partial charge in [0, 0.05) is 12.3 Å². The third kappa shape index (κ3) is 2.42. The second kappa shape index (κ2) is 4.67. The zero-order chi connectivity index (χ0) is 11.5. The highest BCUT2D eigenvalue weighted by Crippen LogP contribution is 2.24. The van der Waals surface area contributed by atoms with E-state index in [1.54, 1.807) is 12.3 Å². The van der Waals surface area contributed by atoms with Crippen molar-refractivity contribution in [3.63, 3.8) is 0 Å². The summed E-state index contributed by atoms with van der Waals surface area (Å²) < 4.78 is 5.63. The number of aromatic nitrogens is 4. The lowest BCUT2D eigenvalue weighted by Crippen LogP contribution is -1.96. The molecule has 0 radical (unpaired) electrons. The molecule has 0 aliphatic carbocycles. The quantitative estimate of drug-likeness (QED) is 0.851. The molecule has 0 saturated heterocycles. The van der Waals surface area contributed by atoms with Crippen molar-refractivity contribution in [2.75, 3.05) is 12.4 Å². The molecular weight excluding hydrogens is 297 g/mol. The highest BCUT2D eigenvalue weighted by Gasteiger charge is 2.06. The van der Waals surface area contributed by atoms with E-state index < -0.39 is 0 Å². The van der Waals surface area contributed by atoms with E-state index in [0.717, 1.165) is 0 Å². The van der Waals surface area contributed by atoms with Gasteiger partial charge in [-0.2, -0.15) is 4.98 Å². The highest BCUT2D eigenvalue weighted by molar-refractivity contribution is 9.10. The van der Waals surface area contributed by atoms with Crippen molar-refractivity contribution in [3.05, 3.63) is 22.0 Å². The minimum atomic E-state index is 0.164. The molecule has 2 aromatic heterocycles. The van der Waals surface area contributed by atoms with E-state index in [0.29, 0.717) is 22.0 Å². The first kappa shape index (κ1) is 11.2. The number of hydrogen-bond donors (Lipinski definition) is 2. The van der Waals surface area contributed by atoms with Crippen LogP contribution < -0.4 is 10.1 Å². The second-order valence-corrected chi connectivity index (χ2v) is 3.98. The normalized spacial score (nSPS) is 10.2. The van der Waals surface area contributed by atoms with Crippen LogP contribution in [0.2, 0.25) is 5.28 Å². The van der Waals surface area contributed by atoms with Crippen molar-refractivity contribution in [2.45, 2.75) is 0 Å². The van der Waals surface area contributed by atoms with Gasteiger partial charge in [0.15, 0.2) is 5.82 Å². The van der Waals surface area contributed by atoms with Gasteiger partial charge in [-0.3, -0.25) is 5.10 Å². The topological polar surface area (TPSA) is 75.7 Å². The lowest BCUT2D eigenvalue weighted by molar-refractivity contribution is 0.397. The number of H-pyrrole nitrogens is 1. The summed E-state index contributed by atoms with van der Waals surface area (Å²) in [4.78, 5) is 7.83. The van der Waals surface area contributed by atoms with Crippen molar-refractivity contribution < 1.29 is 4.74 Å². The lowest BCUT2D eigenvalue weighted by Gasteiger charge is -2.03. The Bertz CT molecular complexity index is 503. The van der Waals surface area contributed by atoms with Crippen molar-refractivity contribution in [1.82, 2.24) is 20.2 Å². The Morgan fingerprint density at radius 2 is 2.38 bits per heavy atom. The average molecular weight is 305 g/mol. The Morgan fingerprint density at radius 1 is 1.56 bits per heavy atom. The molecule has 8 heteroatoms. The molecule has 0 saturated carbocycles. The molecular formula is C8H7BrClN5O. The zero-order valence-corrected chi connectivity index (χ0v) is 10.5. The van der Waals surface area contributed by atoms with Crippen LogP contribution in [0.3, 0.4) is 0 Å². The van der Waals surface area contributed by atoms with Gasteiger partial charge in [-0.25, -0.2) is 4.98 Å². The molecule has 2 N–H and O–H groups in total. The summed E-state index contributed by atoms with van der Waals surface area (Å²) in [6.45, 7) is 0. The maximum atomic E-state index is 5.68. The van der Waals surface area contributed by atoms with E-state index in [-0.39, 0.29) is 5.28 Å². The number of anilines is 2. The molecule has 0 fully saturated rings. The number of hydrogen-bond acceptors (Lipinski definition) is 5. The molecule has 0 aromatic carbocycles. The standard InChI is InChI=1S/C8H7BrClN5O/c1-16-6-2-5(14-15-6)12-7-4(9)3-11-8(10)13-7/h2-3H,1H3,(H2,11,12,13,14,15). The fraction of sp³-hybridized carbons (Fsp3) is 0.125. The number of nitrogens with zero attached hydrogens (tertiary/aromatic N) is 3. The van der Waals surface area contributed by atoms with Crippen molar-refractivity contribution in [3.8, 4) is 5.88 Å². The molecule has 0 amide bonds. The molecule has 0 bridgehead atoms. The molecule has 0 atom stereocenters. The zero-order valence-electron chi connectivity index (χ0n) is 8.16. The van der Waals surface area contributed by atoms with Crippen molar-refractivity contribution in [1.29, 1.82) is 0 Å². The molecule has 84 valence electrons. The summed E-state index contributed by atoms with van der Waals surface area (Å²) >= 11 is 8.98. The van der Waals surface area contributed by atoms with Crippen LogP contribution in [0.1, 0.15) is 0 Å². The van der Waals surface area contributed by atoms with Gasteiger partial charge in [-0.1, -0.05) is 0 Å². The maximum Gasteiger partial charge on any atom is 0.234 e. The Morgan fingerprint density at radius 3 is 3.06 bits per heavy atom. The van der Waals surface area contributed by atoms with E-state index in [1.807, 2.05) is 0 Å². The van der Waals surface area contributed by atoms with Crippen molar-refractivity contribution >= 4 is 39.2 Å². The van der Waals surface area contributed by atoms with Crippen LogP contribution >= 0.6 is 27.5 Å². The summed E-state index contributed by atoms with van der Waals surface area (Å²) in [6.07, 6.45) is 1.56. The largest absolute Gasteiger partial charge is 0.480 e. The van der Waals surface area contributed by atoms with Crippen LogP contribution in [-0.4, -0.2) is 27.3 Å². The van der Waals surface area contributed by atoms with Crippen LogP contribution in [0.4, 0.5) is 11.6 Å². The Kier molecular flexibility index (Phi) is 3.25. The van der Waals surface area contributed by atoms with Gasteiger partial charge < -0.3 is 10.1 Å². The lowest BCUT2D eigenvalue weighted by atomic mass is 10.5. The minimum Gasteiger partial charge on any atom is -0.480 e. The number of ether oxygens (including phenoxy) is 1. The third-order valence-corrected chi connectivity index (χ3v) is 2.49. The highest BCUT2D eigenvalue weighted by atomic mass is 79.9. The van der Waals surface area contributed by atoms with Crippen LogP contribution in [0.15, 0.2) is 16.7 Å². The second-order valence-electron chi connectivity index (χ2n) is 2.78. The molecule has 6 nitrogen and oxygen atoms in total. The van der Waals surface area contributed by atoms with E-state index in [2.05, 4.69) is 41.4 Å². The van der Waals surface area contributed by atoms with Crippen LogP contribution in [0, 0.1) is 0 Å². The number of aromatic amines is 1. The summed E-state index contributed by atoms with van der Waals surface area (Å²) in [5.74, 6) is 1.68. The fourth-order valence-corrected chi connectivity index (χ4v) is 1.46. The maximum absolute atomic E-state index is 5.68. The molecule has 0 aliphatic heterocycles. The Balaban J connectivity index is 2.22. The van der Waals surface area contributed by atoms with Crippen molar-refractivity contribution in [2.24, 2.45) is 0 Å². The van der Waals surface area contributed by atoms with Gasteiger partial charge in [-0.05, 0) is 27.5 Å². The van der Waals surface area contributed by atoms with Crippen LogP contribution in [-0.2, 0) is 0 Å². The number of methoxy groups -OCH3 is 1. The molecule has 0 aliphatic rings. The van der Waals surface area contributed by atoms with Gasteiger partial charge in [-0.15, -0.1) is 5.10 Å². The Hall–Kier alpha value is -1.34. The van der Waals surface area contributed by atoms with Gasteiger partial charge >= 0.3 is 0 Å². The van der Waals surface area contributed by atoms with Gasteiger partial charge in [0.2, 0.25) is 11.2 Å². The van der Waals surface area contributed by atoms with Gasteiger partial charge in [0.25, 0.3) is 0 Å². The summed E-state index contributed by atoms with van der Waals surface area (Å²) in [5, 5.41) is 9.77. The predicted octanol–water partition coefficient (Wildman–Crippen LogP) is 2.37. The molecule has 0 spiro atoms. The number of rotatable bonds is 3. The monoisotopic (exact) mass is 303 g/mol. The van der Waals surface area contributed by atoms with E-state index in [4.69, 9.17) is 16.3 Å². The third-order valence-electron chi connectivity index (χ3n) is 1.73. The molecule has 2 rings (SSSR count). The van der Waals surface area contributed by atoms with E-state index >= 15 is 0 Å². The molecule has 0 unspecified atom stereocenters. The Labute approximate surface area is 105 Å². The summed E-state index contributed by atoms with van der Waals surface area (Å²) in [5.41, 5.74) is 0. The van der Waals surface area contributed by atoms with Crippen LogP contribution in [0.25, 0.3) is 0 Å². The van der Waals surface area contributed by atoms with E-state index in [9.17, 15) is 0 Å². The van der Waals surface area contributed by atoms with Gasteiger partial charge in [0.1, 0.15) is 5.82 Å². The predicted molar refractivity (Wildman–Crippen MR) is 63.2 cm³/mol. The fourth-order valence-electron chi connectivity index (χ4n) is 1.03. The molecule has 2 heterocycles. The van der Waals surface area contributed by atoms with E-state index in [1.165, 1.54) is 7.11 Å². The summed E-state index contributed by atoms with van der Waals surface area (Å²) in [7, 11) is 1.54. The number of nitrogens with one attached hydrogen (secondary N) is 2. The summed E-state index contributed by atoms with van der Waals surface area (Å²) in [6, 6.07) is 1.70. The van der Waals surface area contributed by atoms with Gasteiger partial charge in [0.05, 0.1) is 11.6 Å². The minimum absolute atomic E-state index is 0.164. The smallest absolute Gasteiger partial charge is 0.234 e. The first-order valence-electron chi connectivity index (χ1n) is 4.23. The SMILES string of the molecule is COc1cc(Nc2nc(Cl)ncc2Br)[nH]n1. The average Bonchev–Trinajstić information content (AvgIpc) is 2.71. The number of halogens is 2. The first-order valence-corrected chi connectivity index (χ1v) is 5.40. The first-order chi connectivity index (χ1) is 7.69.